The van der Waals surface area contributed by atoms with Crippen LogP contribution < -0.4 is 5.73 Å². The summed E-state index contributed by atoms with van der Waals surface area (Å²) in [6.07, 6.45) is 1.42. The summed E-state index contributed by atoms with van der Waals surface area (Å²) in [4.78, 5) is 10.9. The Labute approximate surface area is 81.0 Å². The van der Waals surface area contributed by atoms with Crippen LogP contribution in [0.5, 0.6) is 0 Å². The minimum absolute atomic E-state index is 0.0147. The lowest BCUT2D eigenvalue weighted by Crippen LogP contribution is -2.12. The molecule has 3 nitrogen and oxygen atoms in total. The van der Waals surface area contributed by atoms with E-state index in [1.54, 1.807) is 0 Å². The Balaban J connectivity index is 2.86. The maximum Gasteiger partial charge on any atom is 0.353 e. The second kappa shape index (κ2) is 4.41. The summed E-state index contributed by atoms with van der Waals surface area (Å²) < 4.78 is 16.9. The van der Waals surface area contributed by atoms with Crippen LogP contribution in [0.3, 0.4) is 0 Å². The summed E-state index contributed by atoms with van der Waals surface area (Å²) in [5, 5.41) is 0. The van der Waals surface area contributed by atoms with Gasteiger partial charge >= 0.3 is 5.97 Å². The Kier molecular flexibility index (Phi) is 3.23. The Morgan fingerprint density at radius 1 is 1.43 bits per heavy atom. The van der Waals surface area contributed by atoms with Crippen LogP contribution in [0.15, 0.2) is 30.0 Å². The highest BCUT2D eigenvalue weighted by atomic mass is 19.1. The number of hydrogen-bond donors (Lipinski definition) is 1. The number of ether oxygens (including phenoxy) is 1. The quantitative estimate of drug-likeness (QED) is 0.571. The number of nitrogens with two attached hydrogens (primary N) is 1. The molecule has 1 aromatic rings. The van der Waals surface area contributed by atoms with Crippen molar-refractivity contribution in [1.82, 2.24) is 0 Å². The molecule has 1 rings (SSSR count). The van der Waals surface area contributed by atoms with Gasteiger partial charge in [0.05, 0.1) is 7.11 Å². The van der Waals surface area contributed by atoms with Gasteiger partial charge in [0.15, 0.2) is 0 Å². The minimum Gasteiger partial charge on any atom is -0.464 e. The molecule has 0 saturated carbocycles. The lowest BCUT2D eigenvalue weighted by Gasteiger charge is -1.98. The fraction of sp³-hybridized carbons (Fsp3) is 0.100. The van der Waals surface area contributed by atoms with Gasteiger partial charge in [-0.15, -0.1) is 0 Å². The summed E-state index contributed by atoms with van der Waals surface area (Å²) in [6.45, 7) is 0. The molecule has 0 radical (unpaired) electrons. The SMILES string of the molecule is COC(=O)/C(N)=C/c1ccc(F)cc1. The molecule has 0 atom stereocenters. The van der Waals surface area contributed by atoms with E-state index >= 15 is 0 Å². The molecular weight excluding hydrogens is 185 g/mol. The Morgan fingerprint density at radius 2 is 2.00 bits per heavy atom. The number of methoxy groups -OCH3 is 1. The zero-order chi connectivity index (χ0) is 10.6. The number of hydrogen-bond acceptors (Lipinski definition) is 3. The van der Waals surface area contributed by atoms with E-state index in [0.29, 0.717) is 5.56 Å². The van der Waals surface area contributed by atoms with Crippen molar-refractivity contribution in [3.63, 3.8) is 0 Å². The zero-order valence-electron chi connectivity index (χ0n) is 7.66. The van der Waals surface area contributed by atoms with Crippen LogP contribution in [0.25, 0.3) is 6.08 Å². The van der Waals surface area contributed by atoms with Gasteiger partial charge in [-0.2, -0.15) is 0 Å². The normalized spacial score (nSPS) is 11.1. The first-order valence-corrected chi connectivity index (χ1v) is 3.94. The second-order valence-corrected chi connectivity index (χ2v) is 2.64. The van der Waals surface area contributed by atoms with Crippen LogP contribution in [0, 0.1) is 5.82 Å². The monoisotopic (exact) mass is 195 g/mol. The molecule has 2 N–H and O–H groups in total. The summed E-state index contributed by atoms with van der Waals surface area (Å²) >= 11 is 0. The fourth-order valence-electron chi connectivity index (χ4n) is 0.915. The Morgan fingerprint density at radius 3 is 2.50 bits per heavy atom. The molecule has 0 unspecified atom stereocenters. The number of carbonyl (C=O) groups is 1. The van der Waals surface area contributed by atoms with E-state index in [1.807, 2.05) is 0 Å². The molecule has 0 aromatic heterocycles. The number of rotatable bonds is 2. The average molecular weight is 195 g/mol. The van der Waals surface area contributed by atoms with Crippen LogP contribution in [0.2, 0.25) is 0 Å². The van der Waals surface area contributed by atoms with Crippen LogP contribution in [-0.2, 0) is 9.53 Å². The predicted octanol–water partition coefficient (Wildman–Crippen LogP) is 1.30. The highest BCUT2D eigenvalue weighted by molar-refractivity contribution is 5.92. The maximum absolute atomic E-state index is 12.5. The molecule has 0 aliphatic rings. The molecule has 0 aliphatic carbocycles. The zero-order valence-corrected chi connectivity index (χ0v) is 7.66. The topological polar surface area (TPSA) is 52.3 Å². The number of carbonyl (C=O) groups excluding carboxylic acids is 1. The molecule has 0 aliphatic heterocycles. The molecule has 0 amide bonds. The molecular formula is C10H10FNO2. The van der Waals surface area contributed by atoms with Crippen molar-refractivity contribution < 1.29 is 13.9 Å². The number of halogens is 1. The Hall–Kier alpha value is -1.84. The molecule has 0 spiro atoms. The van der Waals surface area contributed by atoms with Gasteiger partial charge in [0.1, 0.15) is 11.5 Å². The van der Waals surface area contributed by atoms with Crippen molar-refractivity contribution in [1.29, 1.82) is 0 Å². The number of benzene rings is 1. The van der Waals surface area contributed by atoms with E-state index in [0.717, 1.165) is 0 Å². The van der Waals surface area contributed by atoms with Crippen molar-refractivity contribution in [2.45, 2.75) is 0 Å². The summed E-state index contributed by atoms with van der Waals surface area (Å²) in [5.41, 5.74) is 6.02. The molecule has 1 aromatic carbocycles. The van der Waals surface area contributed by atoms with Crippen molar-refractivity contribution in [3.8, 4) is 0 Å². The van der Waals surface area contributed by atoms with E-state index in [2.05, 4.69) is 4.74 Å². The van der Waals surface area contributed by atoms with E-state index in [4.69, 9.17) is 5.73 Å². The average Bonchev–Trinajstić information content (AvgIpc) is 2.20. The van der Waals surface area contributed by atoms with E-state index in [9.17, 15) is 9.18 Å². The van der Waals surface area contributed by atoms with Crippen LogP contribution >= 0.6 is 0 Å². The predicted molar refractivity (Wildman–Crippen MR) is 50.6 cm³/mol. The van der Waals surface area contributed by atoms with Crippen LogP contribution in [0.1, 0.15) is 5.56 Å². The highest BCUT2D eigenvalue weighted by Crippen LogP contribution is 2.06. The molecule has 0 heterocycles. The third-order valence-electron chi connectivity index (χ3n) is 1.61. The lowest BCUT2D eigenvalue weighted by atomic mass is 10.2. The molecule has 0 bridgehead atoms. The van der Waals surface area contributed by atoms with E-state index < -0.39 is 5.97 Å². The van der Waals surface area contributed by atoms with Crippen molar-refractivity contribution in [3.05, 3.63) is 41.3 Å². The third-order valence-corrected chi connectivity index (χ3v) is 1.61. The molecule has 4 heteroatoms. The van der Waals surface area contributed by atoms with Gasteiger partial charge in [-0.25, -0.2) is 9.18 Å². The summed E-state index contributed by atoms with van der Waals surface area (Å²) in [6, 6.07) is 5.61. The van der Waals surface area contributed by atoms with Gasteiger partial charge in [-0.1, -0.05) is 12.1 Å². The number of esters is 1. The van der Waals surface area contributed by atoms with Crippen molar-refractivity contribution >= 4 is 12.0 Å². The van der Waals surface area contributed by atoms with Crippen molar-refractivity contribution in [2.24, 2.45) is 5.73 Å². The highest BCUT2D eigenvalue weighted by Gasteiger charge is 2.03. The smallest absolute Gasteiger partial charge is 0.353 e. The van der Waals surface area contributed by atoms with Gasteiger partial charge in [0.2, 0.25) is 0 Å². The van der Waals surface area contributed by atoms with Gasteiger partial charge < -0.3 is 10.5 Å². The van der Waals surface area contributed by atoms with Crippen LogP contribution in [-0.4, -0.2) is 13.1 Å². The first-order valence-electron chi connectivity index (χ1n) is 3.94. The molecule has 14 heavy (non-hydrogen) atoms. The van der Waals surface area contributed by atoms with Gasteiger partial charge in [0, 0.05) is 0 Å². The molecule has 0 fully saturated rings. The first-order chi connectivity index (χ1) is 6.63. The largest absolute Gasteiger partial charge is 0.464 e. The van der Waals surface area contributed by atoms with E-state index in [1.165, 1.54) is 37.5 Å². The molecule has 74 valence electrons. The molecule has 0 saturated heterocycles. The van der Waals surface area contributed by atoms with Gasteiger partial charge in [0.25, 0.3) is 0 Å². The fourth-order valence-corrected chi connectivity index (χ4v) is 0.915. The van der Waals surface area contributed by atoms with Crippen molar-refractivity contribution in [2.75, 3.05) is 7.11 Å². The van der Waals surface area contributed by atoms with Gasteiger partial charge in [-0.05, 0) is 23.8 Å². The summed E-state index contributed by atoms with van der Waals surface area (Å²) in [7, 11) is 1.24. The first kappa shape index (κ1) is 10.2. The van der Waals surface area contributed by atoms with E-state index in [-0.39, 0.29) is 11.5 Å². The van der Waals surface area contributed by atoms with Gasteiger partial charge in [-0.3, -0.25) is 0 Å². The summed E-state index contributed by atoms with van der Waals surface area (Å²) in [5.74, 6) is -0.937. The standard InChI is InChI=1S/C10H10FNO2/c1-14-10(13)9(12)6-7-2-4-8(11)5-3-7/h2-6H,12H2,1H3/b9-6-. The third kappa shape index (κ3) is 2.58. The minimum atomic E-state index is -0.602. The lowest BCUT2D eigenvalue weighted by molar-refractivity contribution is -0.136. The Bertz CT molecular complexity index is 357. The maximum atomic E-state index is 12.5. The second-order valence-electron chi connectivity index (χ2n) is 2.64. The van der Waals surface area contributed by atoms with Crippen LogP contribution in [0.4, 0.5) is 4.39 Å².